The Kier molecular flexibility index (Phi) is 3.95. The fourth-order valence-electron chi connectivity index (χ4n) is 1.73. The lowest BCUT2D eigenvalue weighted by molar-refractivity contribution is 0.211. The minimum absolute atomic E-state index is 0.0331. The lowest BCUT2D eigenvalue weighted by Crippen LogP contribution is -2.08. The Bertz CT molecular complexity index is 472. The fraction of sp³-hybridized carbons (Fsp3) is 0.778. The Morgan fingerprint density at radius 1 is 1.59 bits per heavy atom. The Hall–Kier alpha value is -0.730. The van der Waals surface area contributed by atoms with Gasteiger partial charge < -0.3 is 10.1 Å². The molecule has 0 aliphatic carbocycles. The van der Waals surface area contributed by atoms with Gasteiger partial charge in [-0.05, 0) is 6.42 Å². The first kappa shape index (κ1) is 12.7. The number of hydrogen-bond donors (Lipinski definition) is 1. The molecule has 2 heterocycles. The van der Waals surface area contributed by atoms with Crippen molar-refractivity contribution in [2.24, 2.45) is 0 Å². The van der Waals surface area contributed by atoms with Gasteiger partial charge in [-0.1, -0.05) is 0 Å². The van der Waals surface area contributed by atoms with Crippen LogP contribution in [-0.4, -0.2) is 49.5 Å². The molecule has 1 aromatic rings. The standard InChI is InChI=1S/C9H15N3O3S2/c1-15-4-3-10-9-11-8(12-16-9)7-2-5-17(13,14)6-7/h7H,2-6H2,1H3,(H,10,11,12). The molecule has 1 aliphatic rings. The predicted octanol–water partition coefficient (Wildman–Crippen LogP) is 0.498. The molecule has 1 saturated heterocycles. The molecule has 1 aromatic heterocycles. The van der Waals surface area contributed by atoms with Crippen LogP contribution in [0.4, 0.5) is 5.13 Å². The highest BCUT2D eigenvalue weighted by Crippen LogP contribution is 2.28. The number of rotatable bonds is 5. The third kappa shape index (κ3) is 3.36. The van der Waals surface area contributed by atoms with Crippen LogP contribution in [-0.2, 0) is 14.6 Å². The molecular formula is C9H15N3O3S2. The van der Waals surface area contributed by atoms with Gasteiger partial charge in [-0.3, -0.25) is 0 Å². The predicted molar refractivity (Wildman–Crippen MR) is 66.3 cm³/mol. The van der Waals surface area contributed by atoms with Crippen molar-refractivity contribution in [1.82, 2.24) is 9.36 Å². The molecule has 96 valence electrons. The summed E-state index contributed by atoms with van der Waals surface area (Å²) in [6, 6.07) is 0. The molecule has 0 spiro atoms. The van der Waals surface area contributed by atoms with Crippen LogP contribution in [0.5, 0.6) is 0 Å². The van der Waals surface area contributed by atoms with Crippen LogP contribution in [0.25, 0.3) is 0 Å². The molecule has 6 nitrogen and oxygen atoms in total. The van der Waals surface area contributed by atoms with E-state index in [9.17, 15) is 8.42 Å². The Labute approximate surface area is 104 Å². The SMILES string of the molecule is COCCNc1nc(C2CCS(=O)(=O)C2)ns1. The van der Waals surface area contributed by atoms with E-state index in [0.717, 1.165) is 5.13 Å². The van der Waals surface area contributed by atoms with E-state index in [1.807, 2.05) is 0 Å². The molecule has 1 unspecified atom stereocenters. The number of sulfone groups is 1. The van der Waals surface area contributed by atoms with Crippen molar-refractivity contribution in [3.63, 3.8) is 0 Å². The second kappa shape index (κ2) is 5.28. The summed E-state index contributed by atoms with van der Waals surface area (Å²) in [4.78, 5) is 4.31. The van der Waals surface area contributed by atoms with Crippen molar-refractivity contribution in [3.05, 3.63) is 5.82 Å². The van der Waals surface area contributed by atoms with E-state index in [2.05, 4.69) is 14.7 Å². The summed E-state index contributed by atoms with van der Waals surface area (Å²) >= 11 is 1.26. The average molecular weight is 277 g/mol. The molecular weight excluding hydrogens is 262 g/mol. The number of aromatic nitrogens is 2. The second-order valence-electron chi connectivity index (χ2n) is 3.98. The van der Waals surface area contributed by atoms with Gasteiger partial charge in [0.2, 0.25) is 5.13 Å². The number of nitrogens with one attached hydrogen (secondary N) is 1. The normalized spacial score (nSPS) is 22.8. The quantitative estimate of drug-likeness (QED) is 0.789. The molecule has 0 aromatic carbocycles. The van der Waals surface area contributed by atoms with Crippen LogP contribution in [0.15, 0.2) is 0 Å². The maximum absolute atomic E-state index is 11.3. The third-order valence-corrected chi connectivity index (χ3v) is 5.08. The molecule has 1 atom stereocenters. The van der Waals surface area contributed by atoms with Crippen molar-refractivity contribution in [2.45, 2.75) is 12.3 Å². The summed E-state index contributed by atoms with van der Waals surface area (Å²) in [7, 11) is -1.24. The van der Waals surface area contributed by atoms with Gasteiger partial charge >= 0.3 is 0 Å². The first-order valence-corrected chi connectivity index (χ1v) is 7.97. The summed E-state index contributed by atoms with van der Waals surface area (Å²) in [6.45, 7) is 1.28. The highest BCUT2D eigenvalue weighted by atomic mass is 32.2. The Morgan fingerprint density at radius 3 is 3.06 bits per heavy atom. The summed E-state index contributed by atoms with van der Waals surface area (Å²) < 4.78 is 31.8. The van der Waals surface area contributed by atoms with Crippen LogP contribution in [0.1, 0.15) is 18.2 Å². The number of hydrogen-bond acceptors (Lipinski definition) is 7. The van der Waals surface area contributed by atoms with Crippen LogP contribution >= 0.6 is 11.5 Å². The Balaban J connectivity index is 1.94. The zero-order chi connectivity index (χ0) is 12.3. The molecule has 1 aliphatic heterocycles. The molecule has 2 rings (SSSR count). The van der Waals surface area contributed by atoms with Crippen LogP contribution in [0.2, 0.25) is 0 Å². The zero-order valence-electron chi connectivity index (χ0n) is 9.55. The minimum Gasteiger partial charge on any atom is -0.383 e. The van der Waals surface area contributed by atoms with Crippen LogP contribution in [0, 0.1) is 0 Å². The highest BCUT2D eigenvalue weighted by molar-refractivity contribution is 7.91. The smallest absolute Gasteiger partial charge is 0.202 e. The van der Waals surface area contributed by atoms with Gasteiger partial charge in [0.1, 0.15) is 5.82 Å². The van der Waals surface area contributed by atoms with Gasteiger partial charge in [0.15, 0.2) is 9.84 Å². The number of anilines is 1. The lowest BCUT2D eigenvalue weighted by atomic mass is 10.1. The van der Waals surface area contributed by atoms with Gasteiger partial charge in [-0.15, -0.1) is 0 Å². The highest BCUT2D eigenvalue weighted by Gasteiger charge is 2.31. The Morgan fingerprint density at radius 2 is 2.41 bits per heavy atom. The number of ether oxygens (including phenoxy) is 1. The second-order valence-corrected chi connectivity index (χ2v) is 6.96. The van der Waals surface area contributed by atoms with Gasteiger partial charge in [0.05, 0.1) is 18.1 Å². The average Bonchev–Trinajstić information content (AvgIpc) is 2.85. The lowest BCUT2D eigenvalue weighted by Gasteiger charge is -2.01. The monoisotopic (exact) mass is 277 g/mol. The maximum atomic E-state index is 11.3. The van der Waals surface area contributed by atoms with Gasteiger partial charge in [0.25, 0.3) is 0 Å². The van der Waals surface area contributed by atoms with E-state index in [1.165, 1.54) is 11.5 Å². The summed E-state index contributed by atoms with van der Waals surface area (Å²) in [5, 5.41) is 3.80. The topological polar surface area (TPSA) is 81.2 Å². The summed E-state index contributed by atoms with van der Waals surface area (Å²) in [6.07, 6.45) is 0.635. The maximum Gasteiger partial charge on any atom is 0.202 e. The summed E-state index contributed by atoms with van der Waals surface area (Å²) in [5.41, 5.74) is 0. The third-order valence-electron chi connectivity index (χ3n) is 2.62. The van der Waals surface area contributed by atoms with E-state index in [4.69, 9.17) is 4.74 Å². The number of methoxy groups -OCH3 is 1. The van der Waals surface area contributed by atoms with Crippen LogP contribution in [0.3, 0.4) is 0 Å². The molecule has 17 heavy (non-hydrogen) atoms. The number of nitrogens with zero attached hydrogens (tertiary/aromatic N) is 2. The van der Waals surface area contributed by atoms with E-state index in [-0.39, 0.29) is 17.4 Å². The molecule has 0 bridgehead atoms. The minimum atomic E-state index is -2.87. The van der Waals surface area contributed by atoms with Gasteiger partial charge in [-0.25, -0.2) is 13.4 Å². The zero-order valence-corrected chi connectivity index (χ0v) is 11.2. The molecule has 8 heteroatoms. The van der Waals surface area contributed by atoms with Crippen molar-refractivity contribution >= 4 is 26.5 Å². The molecule has 1 N–H and O–H groups in total. The first-order chi connectivity index (χ1) is 8.11. The van der Waals surface area contributed by atoms with Crippen molar-refractivity contribution in [2.75, 3.05) is 37.1 Å². The van der Waals surface area contributed by atoms with Crippen LogP contribution < -0.4 is 5.32 Å². The van der Waals surface area contributed by atoms with Gasteiger partial charge in [0, 0.05) is 31.1 Å². The van der Waals surface area contributed by atoms with Crippen molar-refractivity contribution in [1.29, 1.82) is 0 Å². The van der Waals surface area contributed by atoms with E-state index in [0.29, 0.717) is 25.4 Å². The van der Waals surface area contributed by atoms with Crippen molar-refractivity contribution < 1.29 is 13.2 Å². The van der Waals surface area contributed by atoms with E-state index >= 15 is 0 Å². The fourth-order valence-corrected chi connectivity index (χ4v) is 4.14. The van der Waals surface area contributed by atoms with Gasteiger partial charge in [-0.2, -0.15) is 4.37 Å². The summed E-state index contributed by atoms with van der Waals surface area (Å²) in [5.74, 6) is 1.05. The van der Waals surface area contributed by atoms with E-state index < -0.39 is 9.84 Å². The molecule has 0 saturated carbocycles. The largest absolute Gasteiger partial charge is 0.383 e. The first-order valence-electron chi connectivity index (χ1n) is 5.37. The molecule has 0 amide bonds. The molecule has 1 fully saturated rings. The van der Waals surface area contributed by atoms with Crippen molar-refractivity contribution in [3.8, 4) is 0 Å². The van der Waals surface area contributed by atoms with E-state index in [1.54, 1.807) is 7.11 Å². The molecule has 0 radical (unpaired) electrons.